The Hall–Kier alpha value is -3.46. The van der Waals surface area contributed by atoms with Gasteiger partial charge < -0.3 is 15.6 Å². The number of anilines is 1. The molecule has 0 spiro atoms. The minimum atomic E-state index is -0.495. The van der Waals surface area contributed by atoms with Crippen LogP contribution in [-0.2, 0) is 4.79 Å². The van der Waals surface area contributed by atoms with E-state index in [1.54, 1.807) is 23.8 Å². The highest BCUT2D eigenvalue weighted by atomic mass is 16.5. The van der Waals surface area contributed by atoms with Crippen LogP contribution in [0.15, 0.2) is 48.9 Å². The van der Waals surface area contributed by atoms with E-state index < -0.39 is 5.91 Å². The first-order valence-corrected chi connectivity index (χ1v) is 8.98. The van der Waals surface area contributed by atoms with Crippen LogP contribution in [0, 0.1) is 0 Å². The number of aromatic amines is 1. The first-order chi connectivity index (χ1) is 13.7. The highest BCUT2D eigenvalue weighted by Gasteiger charge is 2.16. The van der Waals surface area contributed by atoms with Gasteiger partial charge in [0, 0.05) is 30.8 Å². The fraction of sp³-hybridized carbons (Fsp3) is 0.263. The number of aromatic nitrogens is 3. The largest absolute Gasteiger partial charge is 0.366 e. The van der Waals surface area contributed by atoms with Crippen LogP contribution in [0.1, 0.15) is 29.6 Å². The highest BCUT2D eigenvalue weighted by Crippen LogP contribution is 2.20. The van der Waals surface area contributed by atoms with Crippen molar-refractivity contribution in [3.05, 3.63) is 54.5 Å². The summed E-state index contributed by atoms with van der Waals surface area (Å²) in [4.78, 5) is 35.1. The molecule has 1 unspecified atom stereocenters. The first-order valence-electron chi connectivity index (χ1n) is 8.98. The quantitative estimate of drug-likeness (QED) is 0.218. The van der Waals surface area contributed by atoms with Gasteiger partial charge in [-0.3, -0.25) is 14.8 Å². The van der Waals surface area contributed by atoms with Crippen molar-refractivity contribution in [3.63, 3.8) is 0 Å². The maximum Gasteiger partial charge on any atom is 0.251 e. The van der Waals surface area contributed by atoms with Gasteiger partial charge in [0.25, 0.3) is 5.91 Å². The van der Waals surface area contributed by atoms with Crippen LogP contribution in [0.5, 0.6) is 0 Å². The number of nitrogens with zero attached hydrogens (tertiary/aromatic N) is 2. The molecule has 5 N–H and O–H groups in total. The number of rotatable bonds is 9. The Morgan fingerprint density at radius 1 is 1.14 bits per heavy atom. The summed E-state index contributed by atoms with van der Waals surface area (Å²) in [6.07, 6.45) is 4.51. The van der Waals surface area contributed by atoms with Gasteiger partial charge in [-0.25, -0.2) is 15.4 Å². The predicted molar refractivity (Wildman–Crippen MR) is 104 cm³/mol. The molecule has 0 saturated heterocycles. The first kappa shape index (κ1) is 19.3. The Morgan fingerprint density at radius 2 is 1.96 bits per heavy atom. The molecule has 2 aromatic heterocycles. The maximum absolute atomic E-state index is 12.1. The molecule has 9 nitrogen and oxygen atoms in total. The summed E-state index contributed by atoms with van der Waals surface area (Å²) in [6, 6.07) is 10.6. The third-order valence-corrected chi connectivity index (χ3v) is 4.30. The van der Waals surface area contributed by atoms with Crippen LogP contribution in [0.25, 0.3) is 11.0 Å². The lowest BCUT2D eigenvalue weighted by Gasteiger charge is -2.19. The molecule has 146 valence electrons. The van der Waals surface area contributed by atoms with Gasteiger partial charge in [0.05, 0.1) is 5.39 Å². The third kappa shape index (κ3) is 5.04. The number of amides is 2. The van der Waals surface area contributed by atoms with Crippen molar-refractivity contribution in [2.75, 3.05) is 11.9 Å². The molecule has 9 heteroatoms. The van der Waals surface area contributed by atoms with E-state index in [1.807, 2.05) is 24.3 Å². The molecule has 0 aliphatic carbocycles. The fourth-order valence-electron chi connectivity index (χ4n) is 2.92. The molecule has 1 atom stereocenters. The number of carbonyl (C=O) groups excluding carboxylic acids is 2. The van der Waals surface area contributed by atoms with E-state index in [0.29, 0.717) is 36.4 Å². The molecule has 0 saturated carbocycles. The Morgan fingerprint density at radius 3 is 2.75 bits per heavy atom. The summed E-state index contributed by atoms with van der Waals surface area (Å²) >= 11 is 0. The van der Waals surface area contributed by atoms with Gasteiger partial charge >= 0.3 is 0 Å². The highest BCUT2D eigenvalue weighted by molar-refractivity contribution is 5.94. The number of hydrogen-bond donors (Lipinski definition) is 5. The smallest absolute Gasteiger partial charge is 0.251 e. The predicted octanol–water partition coefficient (Wildman–Crippen LogP) is 1.84. The average Bonchev–Trinajstić information content (AvgIpc) is 3.21. The second-order valence-electron chi connectivity index (χ2n) is 6.31. The number of nitrogens with one attached hydrogen (secondary N) is 4. The van der Waals surface area contributed by atoms with Crippen LogP contribution in [-0.4, -0.2) is 44.6 Å². The molecular formula is C19H22N6O3. The minimum absolute atomic E-state index is 0.0685. The van der Waals surface area contributed by atoms with Crippen molar-refractivity contribution in [3.8, 4) is 0 Å². The second kappa shape index (κ2) is 9.47. The molecule has 3 rings (SSSR count). The molecule has 28 heavy (non-hydrogen) atoms. The van der Waals surface area contributed by atoms with Gasteiger partial charge in [-0.2, -0.15) is 0 Å². The average molecular weight is 382 g/mol. The van der Waals surface area contributed by atoms with Crippen molar-refractivity contribution < 1.29 is 14.8 Å². The molecule has 1 aromatic carbocycles. The summed E-state index contributed by atoms with van der Waals surface area (Å²) in [6.45, 7) is 0.468. The van der Waals surface area contributed by atoms with Crippen molar-refractivity contribution in [1.82, 2.24) is 25.7 Å². The Balaban J connectivity index is 1.57. The summed E-state index contributed by atoms with van der Waals surface area (Å²) in [5, 5.41) is 15.8. The molecule has 2 heterocycles. The lowest BCUT2D eigenvalue weighted by molar-refractivity contribution is -0.129. The van der Waals surface area contributed by atoms with Crippen LogP contribution in [0.4, 0.5) is 5.82 Å². The molecule has 0 radical (unpaired) electrons. The van der Waals surface area contributed by atoms with Crippen LogP contribution in [0.2, 0.25) is 0 Å². The van der Waals surface area contributed by atoms with Crippen molar-refractivity contribution in [2.24, 2.45) is 0 Å². The van der Waals surface area contributed by atoms with E-state index in [0.717, 1.165) is 5.39 Å². The minimum Gasteiger partial charge on any atom is -0.366 e. The van der Waals surface area contributed by atoms with E-state index in [9.17, 15) is 9.59 Å². The molecular weight excluding hydrogens is 360 g/mol. The van der Waals surface area contributed by atoms with Gasteiger partial charge in [-0.1, -0.05) is 18.2 Å². The zero-order chi connectivity index (χ0) is 19.8. The summed E-state index contributed by atoms with van der Waals surface area (Å²) in [7, 11) is 0. The van der Waals surface area contributed by atoms with E-state index in [4.69, 9.17) is 5.21 Å². The Labute approximate surface area is 161 Å². The number of hydroxylamine groups is 1. The molecule has 0 fully saturated rings. The van der Waals surface area contributed by atoms with Crippen molar-refractivity contribution in [1.29, 1.82) is 0 Å². The van der Waals surface area contributed by atoms with E-state index in [2.05, 4.69) is 25.6 Å². The molecule has 0 bridgehead atoms. The van der Waals surface area contributed by atoms with Crippen LogP contribution < -0.4 is 16.1 Å². The Kier molecular flexibility index (Phi) is 6.53. The molecule has 0 aliphatic heterocycles. The Bertz CT molecular complexity index is 928. The normalized spacial score (nSPS) is 11.8. The van der Waals surface area contributed by atoms with Crippen molar-refractivity contribution >= 4 is 28.7 Å². The number of benzene rings is 1. The van der Waals surface area contributed by atoms with Crippen LogP contribution >= 0.6 is 0 Å². The van der Waals surface area contributed by atoms with Gasteiger partial charge in [-0.05, 0) is 31.0 Å². The topological polar surface area (TPSA) is 132 Å². The number of hydrogen-bond acceptors (Lipinski definition) is 6. The SMILES string of the molecule is O=C(CC(CCCNC(=O)c1ccccc1)Nc1ncnc2[nH]ccc12)NO. The molecule has 2 amide bonds. The lowest BCUT2D eigenvalue weighted by Crippen LogP contribution is -2.31. The number of carbonyl (C=O) groups is 2. The summed E-state index contributed by atoms with van der Waals surface area (Å²) in [5.41, 5.74) is 2.95. The summed E-state index contributed by atoms with van der Waals surface area (Å²) in [5.74, 6) is -0.0245. The van der Waals surface area contributed by atoms with Crippen LogP contribution in [0.3, 0.4) is 0 Å². The second-order valence-corrected chi connectivity index (χ2v) is 6.31. The van der Waals surface area contributed by atoms with E-state index in [-0.39, 0.29) is 18.4 Å². The van der Waals surface area contributed by atoms with Gasteiger partial charge in [0.2, 0.25) is 5.91 Å². The maximum atomic E-state index is 12.1. The fourth-order valence-corrected chi connectivity index (χ4v) is 2.92. The standard InChI is InChI=1S/C19H22N6O3/c26-16(25-28)11-14(24-18-15-8-10-20-17(15)22-12-23-18)7-4-9-21-19(27)13-5-2-1-3-6-13/h1-3,5-6,8,10,12,14,28H,4,7,9,11H2,(H,21,27)(H,25,26)(H2,20,22,23,24). The zero-order valence-electron chi connectivity index (χ0n) is 15.2. The van der Waals surface area contributed by atoms with Gasteiger partial charge in [-0.15, -0.1) is 0 Å². The summed E-state index contributed by atoms with van der Waals surface area (Å²) < 4.78 is 0. The van der Waals surface area contributed by atoms with Crippen molar-refractivity contribution in [2.45, 2.75) is 25.3 Å². The van der Waals surface area contributed by atoms with E-state index in [1.165, 1.54) is 6.33 Å². The van der Waals surface area contributed by atoms with Gasteiger partial charge in [0.1, 0.15) is 17.8 Å². The molecule has 3 aromatic rings. The molecule has 0 aliphatic rings. The zero-order valence-corrected chi connectivity index (χ0v) is 15.2. The lowest BCUT2D eigenvalue weighted by atomic mass is 10.1. The third-order valence-electron chi connectivity index (χ3n) is 4.30. The monoisotopic (exact) mass is 382 g/mol. The number of H-pyrrole nitrogens is 1. The number of fused-ring (bicyclic) bond motifs is 1. The van der Waals surface area contributed by atoms with Gasteiger partial charge in [0.15, 0.2) is 0 Å². The van der Waals surface area contributed by atoms with E-state index >= 15 is 0 Å².